The average molecular weight is 433 g/mol. The molecule has 2 aliphatic heterocycles. The minimum Gasteiger partial charge on any atom is -0.488 e. The van der Waals surface area contributed by atoms with Crippen LogP contribution in [0.15, 0.2) is 54.7 Å². The van der Waals surface area contributed by atoms with Crippen LogP contribution in [0, 0.1) is 12.3 Å². The Bertz CT molecular complexity index is 1060. The fourth-order valence-corrected chi connectivity index (χ4v) is 5.98. The molecule has 3 aromatic rings. The van der Waals surface area contributed by atoms with Crippen molar-refractivity contribution in [2.75, 3.05) is 31.2 Å². The van der Waals surface area contributed by atoms with Crippen molar-refractivity contribution in [3.8, 4) is 5.75 Å². The Labute approximate surface area is 187 Å². The highest BCUT2D eigenvalue weighted by atomic mass is 32.1. The third-order valence-corrected chi connectivity index (χ3v) is 8.31. The minimum absolute atomic E-state index is 0.179. The van der Waals surface area contributed by atoms with Crippen LogP contribution in [-0.2, 0) is 16.8 Å². The van der Waals surface area contributed by atoms with E-state index in [-0.39, 0.29) is 5.41 Å². The molecule has 31 heavy (non-hydrogen) atoms. The molecule has 0 bridgehead atoms. The van der Waals surface area contributed by atoms with E-state index in [2.05, 4.69) is 65.3 Å². The Morgan fingerprint density at radius 3 is 2.26 bits per heavy atom. The Morgan fingerprint density at radius 1 is 1.00 bits per heavy atom. The normalized spacial score (nSPS) is 20.6. The van der Waals surface area contributed by atoms with Gasteiger partial charge in [0.15, 0.2) is 5.13 Å². The number of benzene rings is 2. The fourth-order valence-electron chi connectivity index (χ4n) is 5.15. The standard InChI is InChI=1S/C26H28N2O2S/c1-19-3-5-20(6-4-19)26(11-2-12-26)21-7-9-22(10-8-21)30-14-23-13-27-24(31-23)28-15-25(16-28)17-29-18-25/h3-10,13H,2,11-12,14-18H2,1H3. The van der Waals surface area contributed by atoms with Crippen LogP contribution in [0.2, 0.25) is 0 Å². The summed E-state index contributed by atoms with van der Waals surface area (Å²) in [5.41, 5.74) is 4.76. The van der Waals surface area contributed by atoms with Gasteiger partial charge < -0.3 is 14.4 Å². The van der Waals surface area contributed by atoms with Gasteiger partial charge in [0.2, 0.25) is 0 Å². The van der Waals surface area contributed by atoms with Gasteiger partial charge >= 0.3 is 0 Å². The summed E-state index contributed by atoms with van der Waals surface area (Å²) < 4.78 is 11.4. The summed E-state index contributed by atoms with van der Waals surface area (Å²) in [6.45, 7) is 6.69. The summed E-state index contributed by atoms with van der Waals surface area (Å²) in [6, 6.07) is 17.8. The number of hydrogen-bond acceptors (Lipinski definition) is 5. The van der Waals surface area contributed by atoms with Crippen molar-refractivity contribution in [3.63, 3.8) is 0 Å². The molecule has 4 nitrogen and oxygen atoms in total. The Kier molecular flexibility index (Phi) is 4.58. The lowest BCUT2D eigenvalue weighted by atomic mass is 9.60. The molecule has 1 aliphatic carbocycles. The van der Waals surface area contributed by atoms with Crippen LogP contribution in [0.5, 0.6) is 5.75 Å². The number of rotatable bonds is 6. The van der Waals surface area contributed by atoms with Gasteiger partial charge in [0.1, 0.15) is 12.4 Å². The molecule has 6 rings (SSSR count). The number of aryl methyl sites for hydroxylation is 1. The average Bonchev–Trinajstić information content (AvgIpc) is 3.14. The summed E-state index contributed by atoms with van der Waals surface area (Å²) in [7, 11) is 0. The Hall–Kier alpha value is -2.37. The van der Waals surface area contributed by atoms with E-state index in [1.807, 2.05) is 6.20 Å². The maximum atomic E-state index is 6.08. The zero-order chi connectivity index (χ0) is 20.9. The van der Waals surface area contributed by atoms with E-state index in [0.29, 0.717) is 12.0 Å². The zero-order valence-corrected chi connectivity index (χ0v) is 18.8. The van der Waals surface area contributed by atoms with Gasteiger partial charge in [-0.1, -0.05) is 59.7 Å². The van der Waals surface area contributed by atoms with Gasteiger partial charge in [-0.25, -0.2) is 4.98 Å². The number of hydrogen-bond donors (Lipinski definition) is 0. The van der Waals surface area contributed by atoms with Gasteiger partial charge in [-0.3, -0.25) is 0 Å². The molecule has 3 aliphatic rings. The SMILES string of the molecule is Cc1ccc(C2(c3ccc(OCc4cnc(N5CC6(COC6)C5)s4)cc3)CCC2)cc1. The van der Waals surface area contributed by atoms with Crippen LogP contribution in [0.4, 0.5) is 5.13 Å². The highest BCUT2D eigenvalue weighted by molar-refractivity contribution is 7.15. The fraction of sp³-hybridized carbons (Fsp3) is 0.423. The third kappa shape index (κ3) is 3.35. The van der Waals surface area contributed by atoms with E-state index in [1.165, 1.54) is 40.8 Å². The van der Waals surface area contributed by atoms with Crippen molar-refractivity contribution in [1.82, 2.24) is 4.98 Å². The number of nitrogens with zero attached hydrogens (tertiary/aromatic N) is 2. The van der Waals surface area contributed by atoms with Gasteiger partial charge in [-0.2, -0.15) is 0 Å². The highest BCUT2D eigenvalue weighted by Crippen LogP contribution is 2.49. The molecule has 0 N–H and O–H groups in total. The Morgan fingerprint density at radius 2 is 1.68 bits per heavy atom. The molecular weight excluding hydrogens is 404 g/mol. The third-order valence-electron chi connectivity index (χ3n) is 7.28. The number of ether oxygens (including phenoxy) is 2. The quantitative estimate of drug-likeness (QED) is 0.527. The Balaban J connectivity index is 1.09. The summed E-state index contributed by atoms with van der Waals surface area (Å²) in [4.78, 5) is 8.13. The summed E-state index contributed by atoms with van der Waals surface area (Å²) in [5, 5.41) is 1.11. The summed E-state index contributed by atoms with van der Waals surface area (Å²) in [6.07, 6.45) is 5.70. The number of thiazole rings is 1. The molecule has 160 valence electrons. The zero-order valence-electron chi connectivity index (χ0n) is 18.0. The lowest BCUT2D eigenvalue weighted by molar-refractivity contribution is -0.127. The first-order valence-electron chi connectivity index (χ1n) is 11.2. The van der Waals surface area contributed by atoms with Crippen LogP contribution in [-0.4, -0.2) is 31.3 Å². The molecule has 1 saturated carbocycles. The van der Waals surface area contributed by atoms with E-state index in [1.54, 1.807) is 11.3 Å². The number of aromatic nitrogens is 1. The largest absolute Gasteiger partial charge is 0.488 e. The first-order valence-corrected chi connectivity index (χ1v) is 12.0. The number of anilines is 1. The predicted octanol–water partition coefficient (Wildman–Crippen LogP) is 5.34. The van der Waals surface area contributed by atoms with Crippen molar-refractivity contribution in [2.24, 2.45) is 5.41 Å². The predicted molar refractivity (Wildman–Crippen MR) is 124 cm³/mol. The van der Waals surface area contributed by atoms with Crippen LogP contribution < -0.4 is 9.64 Å². The lowest BCUT2D eigenvalue weighted by Gasteiger charge is -2.54. The van der Waals surface area contributed by atoms with Crippen molar-refractivity contribution < 1.29 is 9.47 Å². The minimum atomic E-state index is 0.179. The van der Waals surface area contributed by atoms with Crippen molar-refractivity contribution in [3.05, 3.63) is 76.3 Å². The molecule has 3 heterocycles. The van der Waals surface area contributed by atoms with Crippen LogP contribution in [0.25, 0.3) is 0 Å². The maximum absolute atomic E-state index is 6.08. The highest BCUT2D eigenvalue weighted by Gasteiger charge is 2.49. The molecule has 0 amide bonds. The molecule has 3 fully saturated rings. The molecule has 1 aromatic heterocycles. The molecule has 5 heteroatoms. The van der Waals surface area contributed by atoms with E-state index >= 15 is 0 Å². The molecular formula is C26H28N2O2S. The van der Waals surface area contributed by atoms with Crippen molar-refractivity contribution >= 4 is 16.5 Å². The molecule has 2 aromatic carbocycles. The van der Waals surface area contributed by atoms with Gasteiger partial charge in [0.05, 0.1) is 23.5 Å². The molecule has 2 saturated heterocycles. The second-order valence-corrected chi connectivity index (χ2v) is 10.7. The van der Waals surface area contributed by atoms with Gasteiger partial charge in [-0.15, -0.1) is 0 Å². The second kappa shape index (κ2) is 7.35. The van der Waals surface area contributed by atoms with Gasteiger partial charge in [-0.05, 0) is 43.0 Å². The van der Waals surface area contributed by atoms with E-state index in [9.17, 15) is 0 Å². The van der Waals surface area contributed by atoms with E-state index in [4.69, 9.17) is 9.47 Å². The van der Waals surface area contributed by atoms with Crippen LogP contribution >= 0.6 is 11.3 Å². The molecule has 1 spiro atoms. The lowest BCUT2D eigenvalue weighted by Crippen LogP contribution is -2.66. The van der Waals surface area contributed by atoms with Crippen molar-refractivity contribution in [2.45, 2.75) is 38.2 Å². The first-order chi connectivity index (χ1) is 15.1. The molecule has 0 radical (unpaired) electrons. The second-order valence-electron chi connectivity index (χ2n) is 9.57. The maximum Gasteiger partial charge on any atom is 0.185 e. The van der Waals surface area contributed by atoms with E-state index < -0.39 is 0 Å². The summed E-state index contributed by atoms with van der Waals surface area (Å²) >= 11 is 1.74. The van der Waals surface area contributed by atoms with Crippen LogP contribution in [0.1, 0.15) is 40.8 Å². The van der Waals surface area contributed by atoms with E-state index in [0.717, 1.165) is 37.2 Å². The topological polar surface area (TPSA) is 34.6 Å². The van der Waals surface area contributed by atoms with Crippen molar-refractivity contribution in [1.29, 1.82) is 0 Å². The monoisotopic (exact) mass is 432 g/mol. The first kappa shape index (κ1) is 19.3. The molecule has 0 unspecified atom stereocenters. The summed E-state index contributed by atoms with van der Waals surface area (Å²) in [5.74, 6) is 0.923. The van der Waals surface area contributed by atoms with Crippen LogP contribution in [0.3, 0.4) is 0 Å². The van der Waals surface area contributed by atoms with Gasteiger partial charge in [0, 0.05) is 24.7 Å². The smallest absolute Gasteiger partial charge is 0.185 e. The van der Waals surface area contributed by atoms with Gasteiger partial charge in [0.25, 0.3) is 0 Å². The molecule has 0 atom stereocenters.